The van der Waals surface area contributed by atoms with Gasteiger partial charge in [-0.3, -0.25) is 0 Å². The van der Waals surface area contributed by atoms with Gasteiger partial charge in [0.2, 0.25) is 0 Å². The molecule has 0 radical (unpaired) electrons. The smallest absolute Gasteiger partial charge is 0.0313 e. The Morgan fingerprint density at radius 1 is 0.792 bits per heavy atom. The number of hydrogen-bond acceptors (Lipinski definition) is 4. The third-order valence-electron chi connectivity index (χ3n) is 4.37. The van der Waals surface area contributed by atoms with Crippen LogP contribution < -0.4 is 22.1 Å². The van der Waals surface area contributed by atoms with Crippen LogP contribution in [-0.4, -0.2) is 32.7 Å². The number of fused-ring (bicyclic) bond motifs is 1. The summed E-state index contributed by atoms with van der Waals surface area (Å²) in [4.78, 5) is 0. The van der Waals surface area contributed by atoms with E-state index in [4.69, 9.17) is 11.5 Å². The van der Waals surface area contributed by atoms with Gasteiger partial charge < -0.3 is 22.1 Å². The molecule has 1 atom stereocenters. The molecule has 0 heterocycles. The molecule has 0 aliphatic heterocycles. The highest BCUT2D eigenvalue weighted by Crippen LogP contribution is 2.24. The molecule has 2 aromatic rings. The number of unbranched alkanes of at least 4 members (excludes halogenated alkanes) is 1. The lowest BCUT2D eigenvalue weighted by Crippen LogP contribution is -2.23. The zero-order valence-electron chi connectivity index (χ0n) is 14.6. The quantitative estimate of drug-likeness (QED) is 0.452. The number of benzene rings is 2. The Hall–Kier alpha value is -1.46. The molecule has 24 heavy (non-hydrogen) atoms. The molecule has 2 aromatic carbocycles. The first-order chi connectivity index (χ1) is 11.8. The van der Waals surface area contributed by atoms with Gasteiger partial charge >= 0.3 is 0 Å². The predicted octanol–water partition coefficient (Wildman–Crippen LogP) is 2.54. The maximum atomic E-state index is 6.41. The van der Waals surface area contributed by atoms with Crippen LogP contribution in [0.25, 0.3) is 10.8 Å². The van der Waals surface area contributed by atoms with Gasteiger partial charge in [0, 0.05) is 6.04 Å². The number of hydrogen-bond donors (Lipinski definition) is 4. The van der Waals surface area contributed by atoms with Gasteiger partial charge in [0.1, 0.15) is 0 Å². The average molecular weight is 329 g/mol. The molecule has 0 saturated heterocycles. The van der Waals surface area contributed by atoms with Crippen LogP contribution in [0.15, 0.2) is 42.5 Å². The summed E-state index contributed by atoms with van der Waals surface area (Å²) >= 11 is 0. The number of rotatable bonds is 12. The van der Waals surface area contributed by atoms with E-state index >= 15 is 0 Å². The van der Waals surface area contributed by atoms with Crippen LogP contribution in [0, 0.1) is 0 Å². The molecule has 0 amide bonds. The minimum absolute atomic E-state index is 0.0847. The Morgan fingerprint density at radius 2 is 1.46 bits per heavy atom. The van der Waals surface area contributed by atoms with Crippen LogP contribution in [-0.2, 0) is 0 Å². The standard InChI is InChI=1S/C20H32N4/c21-12-6-15-23-13-3-4-14-24-16-11-20(22)19-10-5-8-17-7-1-2-9-18(17)19/h1-2,5,7-10,20,23-24H,3-4,6,11-16,21-22H2/t20-/m0/s1. The Bertz CT molecular complexity index is 579. The summed E-state index contributed by atoms with van der Waals surface area (Å²) in [6.45, 7) is 4.90. The molecule has 6 N–H and O–H groups in total. The Balaban J connectivity index is 1.62. The van der Waals surface area contributed by atoms with Gasteiger partial charge in [-0.2, -0.15) is 0 Å². The minimum atomic E-state index is 0.0847. The van der Waals surface area contributed by atoms with Gasteiger partial charge in [-0.15, -0.1) is 0 Å². The van der Waals surface area contributed by atoms with Crippen molar-refractivity contribution in [2.24, 2.45) is 11.5 Å². The first kappa shape index (κ1) is 18.9. The van der Waals surface area contributed by atoms with Crippen molar-refractivity contribution in [2.75, 3.05) is 32.7 Å². The fourth-order valence-corrected chi connectivity index (χ4v) is 2.96. The molecule has 132 valence electrons. The van der Waals surface area contributed by atoms with Crippen molar-refractivity contribution in [1.29, 1.82) is 0 Å². The van der Waals surface area contributed by atoms with Crippen LogP contribution in [0.1, 0.15) is 37.3 Å². The molecule has 2 rings (SSSR count). The van der Waals surface area contributed by atoms with Gasteiger partial charge in [-0.1, -0.05) is 42.5 Å². The maximum absolute atomic E-state index is 6.41. The van der Waals surface area contributed by atoms with E-state index in [0.717, 1.165) is 45.6 Å². The molecular weight excluding hydrogens is 296 g/mol. The van der Waals surface area contributed by atoms with E-state index in [1.165, 1.54) is 29.2 Å². The second-order valence-corrected chi connectivity index (χ2v) is 6.31. The van der Waals surface area contributed by atoms with E-state index in [2.05, 4.69) is 53.1 Å². The average Bonchev–Trinajstić information content (AvgIpc) is 2.62. The summed E-state index contributed by atoms with van der Waals surface area (Å²) in [6, 6.07) is 14.9. The summed E-state index contributed by atoms with van der Waals surface area (Å²) in [6.07, 6.45) is 4.42. The second kappa shape index (κ2) is 11.2. The molecule has 4 heteroatoms. The van der Waals surface area contributed by atoms with Crippen LogP contribution in [0.5, 0.6) is 0 Å². The van der Waals surface area contributed by atoms with Crippen molar-refractivity contribution in [3.8, 4) is 0 Å². The number of nitrogens with one attached hydrogen (secondary N) is 2. The molecule has 0 aromatic heterocycles. The third kappa shape index (κ3) is 6.21. The zero-order valence-corrected chi connectivity index (χ0v) is 14.6. The Labute approximate surface area is 146 Å². The summed E-state index contributed by atoms with van der Waals surface area (Å²) in [7, 11) is 0. The van der Waals surface area contributed by atoms with E-state index in [9.17, 15) is 0 Å². The molecular formula is C20H32N4. The third-order valence-corrected chi connectivity index (χ3v) is 4.37. The number of nitrogens with two attached hydrogens (primary N) is 2. The molecule has 0 aliphatic carbocycles. The fourth-order valence-electron chi connectivity index (χ4n) is 2.96. The van der Waals surface area contributed by atoms with E-state index in [0.29, 0.717) is 0 Å². The molecule has 0 spiro atoms. The summed E-state index contributed by atoms with van der Waals surface area (Å²) in [5, 5.41) is 9.45. The van der Waals surface area contributed by atoms with Crippen LogP contribution in [0.3, 0.4) is 0 Å². The predicted molar refractivity (Wildman–Crippen MR) is 104 cm³/mol. The lowest BCUT2D eigenvalue weighted by molar-refractivity contribution is 0.547. The van der Waals surface area contributed by atoms with E-state index in [1.807, 2.05) is 0 Å². The van der Waals surface area contributed by atoms with E-state index < -0.39 is 0 Å². The van der Waals surface area contributed by atoms with Crippen LogP contribution >= 0.6 is 0 Å². The monoisotopic (exact) mass is 328 g/mol. The van der Waals surface area contributed by atoms with Crippen molar-refractivity contribution in [1.82, 2.24) is 10.6 Å². The molecule has 0 aliphatic rings. The van der Waals surface area contributed by atoms with Gasteiger partial charge in [0.25, 0.3) is 0 Å². The first-order valence-corrected chi connectivity index (χ1v) is 9.17. The van der Waals surface area contributed by atoms with Gasteiger partial charge in [-0.25, -0.2) is 0 Å². The molecule has 0 bridgehead atoms. The topological polar surface area (TPSA) is 76.1 Å². The van der Waals surface area contributed by atoms with E-state index in [1.54, 1.807) is 0 Å². The maximum Gasteiger partial charge on any atom is 0.0313 e. The first-order valence-electron chi connectivity index (χ1n) is 9.17. The van der Waals surface area contributed by atoms with Gasteiger partial charge in [-0.05, 0) is 74.7 Å². The summed E-state index contributed by atoms with van der Waals surface area (Å²) in [5.41, 5.74) is 13.1. The Kier molecular flexibility index (Phi) is 8.77. The van der Waals surface area contributed by atoms with E-state index in [-0.39, 0.29) is 6.04 Å². The van der Waals surface area contributed by atoms with Crippen molar-refractivity contribution < 1.29 is 0 Å². The SMILES string of the molecule is NCCCNCCCCNCC[C@H](N)c1cccc2ccccc12. The molecule has 0 fully saturated rings. The fraction of sp³-hybridized carbons (Fsp3) is 0.500. The summed E-state index contributed by atoms with van der Waals surface area (Å²) in [5.74, 6) is 0. The lowest BCUT2D eigenvalue weighted by Gasteiger charge is -2.15. The molecule has 0 saturated carbocycles. The van der Waals surface area contributed by atoms with Crippen molar-refractivity contribution in [2.45, 2.75) is 31.7 Å². The normalized spacial score (nSPS) is 12.6. The lowest BCUT2D eigenvalue weighted by atomic mass is 9.97. The largest absolute Gasteiger partial charge is 0.330 e. The van der Waals surface area contributed by atoms with Gasteiger partial charge in [0.15, 0.2) is 0 Å². The van der Waals surface area contributed by atoms with Crippen molar-refractivity contribution in [3.05, 3.63) is 48.0 Å². The van der Waals surface area contributed by atoms with Crippen molar-refractivity contribution >= 4 is 10.8 Å². The zero-order chi connectivity index (χ0) is 17.0. The molecule has 0 unspecified atom stereocenters. The minimum Gasteiger partial charge on any atom is -0.330 e. The van der Waals surface area contributed by atoms with Crippen LogP contribution in [0.4, 0.5) is 0 Å². The second-order valence-electron chi connectivity index (χ2n) is 6.31. The molecule has 4 nitrogen and oxygen atoms in total. The Morgan fingerprint density at radius 3 is 2.25 bits per heavy atom. The highest BCUT2D eigenvalue weighted by atomic mass is 14.9. The summed E-state index contributed by atoms with van der Waals surface area (Å²) < 4.78 is 0. The van der Waals surface area contributed by atoms with Gasteiger partial charge in [0.05, 0.1) is 0 Å². The van der Waals surface area contributed by atoms with Crippen LogP contribution in [0.2, 0.25) is 0 Å². The van der Waals surface area contributed by atoms with Crippen molar-refractivity contribution in [3.63, 3.8) is 0 Å². The highest BCUT2D eigenvalue weighted by molar-refractivity contribution is 5.86. The highest BCUT2D eigenvalue weighted by Gasteiger charge is 2.08.